The molecule has 1 fully saturated rings. The second kappa shape index (κ2) is 5.71. The van der Waals surface area contributed by atoms with Gasteiger partial charge in [0, 0.05) is 11.1 Å². The average Bonchev–Trinajstić information content (AvgIpc) is 2.30. The number of likely N-dealkylation sites (tertiary alicyclic amines) is 1. The Bertz CT molecular complexity index is 489. The first-order valence-electron chi connectivity index (χ1n) is 6.88. The molecule has 22 heavy (non-hydrogen) atoms. The maximum Gasteiger partial charge on any atom is 0.320 e. The molecule has 9 nitrogen and oxygen atoms in total. The standard InChI is InChI=1S/C13H22N2O7/c1-7(10(16)17)14-12(2,3)6-8(11(18)19)9(13(14,4)5)22-15(20)21/h7-9H,6H2,1-5H3,(H,16,17)(H,18,19). The third kappa shape index (κ3) is 3.13. The summed E-state index contributed by atoms with van der Waals surface area (Å²) in [6.07, 6.45) is -1.23. The summed E-state index contributed by atoms with van der Waals surface area (Å²) in [5.41, 5.74) is -1.93. The monoisotopic (exact) mass is 318 g/mol. The molecule has 1 heterocycles. The van der Waals surface area contributed by atoms with Crippen LogP contribution in [0.3, 0.4) is 0 Å². The van der Waals surface area contributed by atoms with Gasteiger partial charge in [-0.15, -0.1) is 10.1 Å². The molecule has 3 unspecified atom stereocenters. The molecule has 1 aliphatic rings. The Morgan fingerprint density at radius 2 is 1.82 bits per heavy atom. The Morgan fingerprint density at radius 1 is 1.32 bits per heavy atom. The molecule has 0 aromatic carbocycles. The van der Waals surface area contributed by atoms with Gasteiger partial charge in [0.25, 0.3) is 5.09 Å². The number of carboxylic acid groups (broad SMARTS) is 2. The number of hydrogen-bond donors (Lipinski definition) is 2. The number of carboxylic acids is 2. The van der Waals surface area contributed by atoms with Gasteiger partial charge >= 0.3 is 11.9 Å². The summed E-state index contributed by atoms with van der Waals surface area (Å²) in [4.78, 5) is 39.9. The highest BCUT2D eigenvalue weighted by atomic mass is 17.0. The van der Waals surface area contributed by atoms with Crippen LogP contribution in [0, 0.1) is 16.0 Å². The molecule has 2 N–H and O–H groups in total. The highest BCUT2D eigenvalue weighted by Gasteiger charge is 2.58. The number of nitrogens with zero attached hydrogens (tertiary/aromatic N) is 2. The molecule has 0 aromatic rings. The van der Waals surface area contributed by atoms with Crippen molar-refractivity contribution in [2.24, 2.45) is 5.92 Å². The number of aliphatic carboxylic acids is 2. The SMILES string of the molecule is CC(C(=O)O)N1C(C)(C)CC(C(=O)O)C(O[N+](=O)[O-])C1(C)C. The number of carbonyl (C=O) groups is 2. The zero-order chi connectivity index (χ0) is 17.5. The van der Waals surface area contributed by atoms with Gasteiger partial charge in [-0.2, -0.15) is 0 Å². The summed E-state index contributed by atoms with van der Waals surface area (Å²) in [6, 6.07) is -0.947. The van der Waals surface area contributed by atoms with E-state index >= 15 is 0 Å². The fourth-order valence-corrected chi connectivity index (χ4v) is 3.80. The zero-order valence-electron chi connectivity index (χ0n) is 13.3. The molecule has 0 spiro atoms. The van der Waals surface area contributed by atoms with Crippen LogP contribution in [0.2, 0.25) is 0 Å². The van der Waals surface area contributed by atoms with Gasteiger partial charge in [-0.05, 0) is 41.0 Å². The normalized spacial score (nSPS) is 28.6. The van der Waals surface area contributed by atoms with Crippen LogP contribution in [-0.4, -0.2) is 55.4 Å². The van der Waals surface area contributed by atoms with Gasteiger partial charge in [0.15, 0.2) is 0 Å². The average molecular weight is 318 g/mol. The van der Waals surface area contributed by atoms with E-state index in [4.69, 9.17) is 0 Å². The van der Waals surface area contributed by atoms with Crippen molar-refractivity contribution in [1.29, 1.82) is 0 Å². The molecule has 0 bridgehead atoms. The summed E-state index contributed by atoms with van der Waals surface area (Å²) in [5.74, 6) is -3.39. The second-order valence-corrected chi connectivity index (χ2v) is 6.75. The minimum absolute atomic E-state index is 0.0435. The van der Waals surface area contributed by atoms with Crippen molar-refractivity contribution in [1.82, 2.24) is 4.90 Å². The zero-order valence-corrected chi connectivity index (χ0v) is 13.3. The predicted molar refractivity (Wildman–Crippen MR) is 74.7 cm³/mol. The van der Waals surface area contributed by atoms with Crippen LogP contribution in [0.15, 0.2) is 0 Å². The number of rotatable bonds is 5. The van der Waals surface area contributed by atoms with Crippen molar-refractivity contribution in [2.75, 3.05) is 0 Å². The van der Waals surface area contributed by atoms with Crippen LogP contribution in [0.5, 0.6) is 0 Å². The first-order valence-corrected chi connectivity index (χ1v) is 6.88. The second-order valence-electron chi connectivity index (χ2n) is 6.75. The van der Waals surface area contributed by atoms with E-state index in [1.54, 1.807) is 32.6 Å². The van der Waals surface area contributed by atoms with E-state index in [0.29, 0.717) is 0 Å². The molecule has 0 aromatic heterocycles. The maximum absolute atomic E-state index is 11.5. The van der Waals surface area contributed by atoms with Crippen LogP contribution in [0.25, 0.3) is 0 Å². The lowest BCUT2D eigenvalue weighted by molar-refractivity contribution is -0.774. The van der Waals surface area contributed by atoms with E-state index < -0.39 is 46.2 Å². The Labute approximate surface area is 128 Å². The third-order valence-corrected chi connectivity index (χ3v) is 4.32. The molecular formula is C13H22N2O7. The molecule has 9 heteroatoms. The van der Waals surface area contributed by atoms with Gasteiger partial charge in [-0.25, -0.2) is 0 Å². The van der Waals surface area contributed by atoms with Gasteiger partial charge in [-0.3, -0.25) is 14.5 Å². The highest BCUT2D eigenvalue weighted by molar-refractivity contribution is 5.74. The number of hydrogen-bond acceptors (Lipinski definition) is 6. The lowest BCUT2D eigenvalue weighted by atomic mass is 9.70. The van der Waals surface area contributed by atoms with E-state index in [-0.39, 0.29) is 6.42 Å². The topological polar surface area (TPSA) is 130 Å². The Balaban J connectivity index is 3.38. The van der Waals surface area contributed by atoms with E-state index in [1.165, 1.54) is 6.92 Å². The summed E-state index contributed by atoms with van der Waals surface area (Å²) < 4.78 is 0. The smallest absolute Gasteiger partial charge is 0.320 e. The van der Waals surface area contributed by atoms with Crippen molar-refractivity contribution >= 4 is 11.9 Å². The minimum Gasteiger partial charge on any atom is -0.481 e. The minimum atomic E-state index is -1.27. The van der Waals surface area contributed by atoms with Crippen molar-refractivity contribution in [2.45, 2.75) is 64.3 Å². The molecule has 0 saturated carbocycles. The molecule has 1 saturated heterocycles. The highest BCUT2D eigenvalue weighted by Crippen LogP contribution is 2.44. The quantitative estimate of drug-likeness (QED) is 0.567. The van der Waals surface area contributed by atoms with Gasteiger partial charge in [0.2, 0.25) is 0 Å². The lowest BCUT2D eigenvalue weighted by Gasteiger charge is -2.58. The fraction of sp³-hybridized carbons (Fsp3) is 0.846. The van der Waals surface area contributed by atoms with Gasteiger partial charge < -0.3 is 15.1 Å². The summed E-state index contributed by atoms with van der Waals surface area (Å²) in [5, 5.41) is 28.4. The first-order chi connectivity index (χ1) is 9.82. The van der Waals surface area contributed by atoms with Gasteiger partial charge in [-0.1, -0.05) is 0 Å². The van der Waals surface area contributed by atoms with E-state index in [1.807, 2.05) is 0 Å². The van der Waals surface area contributed by atoms with Crippen molar-refractivity contribution < 1.29 is 29.7 Å². The lowest BCUT2D eigenvalue weighted by Crippen LogP contribution is -2.72. The van der Waals surface area contributed by atoms with Gasteiger partial charge in [0.1, 0.15) is 12.1 Å². The fourth-order valence-electron chi connectivity index (χ4n) is 3.80. The Morgan fingerprint density at radius 3 is 2.18 bits per heavy atom. The molecule has 126 valence electrons. The van der Waals surface area contributed by atoms with Crippen LogP contribution in [-0.2, 0) is 14.4 Å². The molecule has 1 rings (SSSR count). The summed E-state index contributed by atoms with van der Waals surface area (Å²) >= 11 is 0. The van der Waals surface area contributed by atoms with Crippen molar-refractivity contribution in [3.63, 3.8) is 0 Å². The van der Waals surface area contributed by atoms with Crippen LogP contribution < -0.4 is 0 Å². The third-order valence-electron chi connectivity index (χ3n) is 4.32. The van der Waals surface area contributed by atoms with E-state index in [2.05, 4.69) is 4.84 Å². The number of piperidine rings is 1. The molecule has 1 aliphatic heterocycles. The molecular weight excluding hydrogens is 296 g/mol. The van der Waals surface area contributed by atoms with E-state index in [0.717, 1.165) is 0 Å². The first kappa shape index (κ1) is 18.1. The largest absolute Gasteiger partial charge is 0.481 e. The maximum atomic E-state index is 11.5. The molecule has 3 atom stereocenters. The van der Waals surface area contributed by atoms with Crippen LogP contribution >= 0.6 is 0 Å². The Kier molecular flexibility index (Phi) is 4.71. The molecule has 0 amide bonds. The molecule has 0 aliphatic carbocycles. The summed E-state index contributed by atoms with van der Waals surface area (Å²) in [7, 11) is 0. The van der Waals surface area contributed by atoms with Crippen LogP contribution in [0.4, 0.5) is 0 Å². The van der Waals surface area contributed by atoms with E-state index in [9.17, 15) is 29.9 Å². The van der Waals surface area contributed by atoms with Crippen LogP contribution in [0.1, 0.15) is 41.0 Å². The summed E-state index contributed by atoms with van der Waals surface area (Å²) in [6.45, 7) is 8.06. The van der Waals surface area contributed by atoms with Crippen molar-refractivity contribution in [3.8, 4) is 0 Å². The Hall–Kier alpha value is -1.90. The van der Waals surface area contributed by atoms with Gasteiger partial charge in [0.05, 0.1) is 5.92 Å². The molecule has 0 radical (unpaired) electrons. The van der Waals surface area contributed by atoms with Crippen molar-refractivity contribution in [3.05, 3.63) is 10.1 Å². The predicted octanol–water partition coefficient (Wildman–Crippen LogP) is 1.00.